The van der Waals surface area contributed by atoms with Gasteiger partial charge < -0.3 is 4.74 Å². The van der Waals surface area contributed by atoms with Crippen molar-refractivity contribution in [3.63, 3.8) is 0 Å². The fraction of sp³-hybridized carbons (Fsp3) is 0.294. The molecule has 2 heterocycles. The third-order valence-corrected chi connectivity index (χ3v) is 5.28. The second kappa shape index (κ2) is 7.36. The minimum Gasteiger partial charge on any atom is -0.459 e. The molecule has 11 heteroatoms. The lowest BCUT2D eigenvalue weighted by atomic mass is 10.1. The van der Waals surface area contributed by atoms with Crippen LogP contribution in [0.5, 0.6) is 0 Å². The summed E-state index contributed by atoms with van der Waals surface area (Å²) < 4.78 is 34.5. The second-order valence-electron chi connectivity index (χ2n) is 6.42. The van der Waals surface area contributed by atoms with Gasteiger partial charge in [0.2, 0.25) is 0 Å². The minimum absolute atomic E-state index is 0.0149. The molecule has 0 fully saturated rings. The zero-order chi connectivity index (χ0) is 20.6. The Morgan fingerprint density at radius 2 is 2.00 bits per heavy atom. The lowest BCUT2D eigenvalue weighted by Crippen LogP contribution is -2.20. The first-order valence-electron chi connectivity index (χ1n) is 8.30. The number of carbonyl (C=O) groups excluding carboxylic acids is 1. The molecule has 0 unspecified atom stereocenters. The maximum Gasteiger partial charge on any atom is 0.340 e. The van der Waals surface area contributed by atoms with Crippen molar-refractivity contribution in [1.82, 2.24) is 19.6 Å². The number of rotatable bonds is 5. The van der Waals surface area contributed by atoms with E-state index in [-0.39, 0.29) is 23.1 Å². The standard InChI is InChI=1S/C17H18ClN5O4S/c1-9(2)27-15(24)12-5-6-13(18)11(4)14(12)22-28(25,26)17-20-16-19-7-10(3)8-23(16)21-17/h5-9,22H,1-4H3. The smallest absolute Gasteiger partial charge is 0.340 e. The number of aromatic nitrogens is 4. The molecule has 3 aromatic rings. The number of hydrogen-bond acceptors (Lipinski definition) is 7. The van der Waals surface area contributed by atoms with Gasteiger partial charge in [0.1, 0.15) is 0 Å². The van der Waals surface area contributed by atoms with Gasteiger partial charge in [0, 0.05) is 17.4 Å². The molecule has 1 aromatic carbocycles. The molecule has 148 valence electrons. The fourth-order valence-electron chi connectivity index (χ4n) is 2.42. The summed E-state index contributed by atoms with van der Waals surface area (Å²) in [5.41, 5.74) is 1.22. The van der Waals surface area contributed by atoms with Crippen molar-refractivity contribution in [1.29, 1.82) is 0 Å². The van der Waals surface area contributed by atoms with Crippen LogP contribution in [0.1, 0.15) is 35.3 Å². The third kappa shape index (κ3) is 3.92. The van der Waals surface area contributed by atoms with Crippen LogP contribution in [0.25, 0.3) is 5.78 Å². The summed E-state index contributed by atoms with van der Waals surface area (Å²) in [6.45, 7) is 6.77. The highest BCUT2D eigenvalue weighted by atomic mass is 35.5. The van der Waals surface area contributed by atoms with E-state index in [1.54, 1.807) is 40.1 Å². The van der Waals surface area contributed by atoms with Crippen molar-refractivity contribution in [3.8, 4) is 0 Å². The first kappa shape index (κ1) is 20.0. The largest absolute Gasteiger partial charge is 0.459 e. The molecule has 3 rings (SSSR count). The Kier molecular flexibility index (Phi) is 5.26. The Balaban J connectivity index is 2.05. The number of esters is 1. The molecule has 0 spiro atoms. The van der Waals surface area contributed by atoms with Crippen LogP contribution < -0.4 is 4.72 Å². The molecule has 0 aliphatic carbocycles. The molecule has 0 saturated heterocycles. The Bertz CT molecular complexity index is 1170. The van der Waals surface area contributed by atoms with E-state index in [0.29, 0.717) is 10.6 Å². The molecule has 0 saturated carbocycles. The SMILES string of the molecule is Cc1cnc2nc(S(=O)(=O)Nc3c(C(=O)OC(C)C)ccc(Cl)c3C)nn2c1. The van der Waals surface area contributed by atoms with Gasteiger partial charge in [-0.3, -0.25) is 4.72 Å². The number of anilines is 1. The summed E-state index contributed by atoms with van der Waals surface area (Å²) in [7, 11) is -4.21. The lowest BCUT2D eigenvalue weighted by Gasteiger charge is -2.15. The topological polar surface area (TPSA) is 116 Å². The van der Waals surface area contributed by atoms with Crippen molar-refractivity contribution in [3.05, 3.63) is 46.2 Å². The second-order valence-corrected chi connectivity index (χ2v) is 8.41. The van der Waals surface area contributed by atoms with Crippen LogP contribution in [-0.4, -0.2) is 40.1 Å². The number of nitrogens with zero attached hydrogens (tertiary/aromatic N) is 4. The number of nitrogens with one attached hydrogen (secondary N) is 1. The zero-order valence-corrected chi connectivity index (χ0v) is 17.2. The minimum atomic E-state index is -4.21. The van der Waals surface area contributed by atoms with Crippen LogP contribution in [0.3, 0.4) is 0 Å². The fourth-order valence-corrected chi connectivity index (χ4v) is 3.59. The summed E-state index contributed by atoms with van der Waals surface area (Å²) >= 11 is 6.12. The Morgan fingerprint density at radius 3 is 2.68 bits per heavy atom. The van der Waals surface area contributed by atoms with E-state index in [4.69, 9.17) is 16.3 Å². The molecule has 1 N–H and O–H groups in total. The van der Waals surface area contributed by atoms with Gasteiger partial charge in [0.25, 0.3) is 21.0 Å². The Morgan fingerprint density at radius 1 is 1.29 bits per heavy atom. The van der Waals surface area contributed by atoms with Crippen LogP contribution in [0.15, 0.2) is 29.7 Å². The van der Waals surface area contributed by atoms with Crippen molar-refractivity contribution >= 4 is 39.1 Å². The highest BCUT2D eigenvalue weighted by Crippen LogP contribution is 2.30. The van der Waals surface area contributed by atoms with Crippen LogP contribution in [0.2, 0.25) is 5.02 Å². The predicted octanol–water partition coefficient (Wildman–Crippen LogP) is 2.76. The van der Waals surface area contributed by atoms with E-state index < -0.39 is 21.1 Å². The van der Waals surface area contributed by atoms with E-state index in [2.05, 4.69) is 19.8 Å². The van der Waals surface area contributed by atoms with Crippen LogP contribution in [0, 0.1) is 13.8 Å². The van der Waals surface area contributed by atoms with Gasteiger partial charge in [-0.25, -0.2) is 14.3 Å². The van der Waals surface area contributed by atoms with Crippen molar-refractivity contribution < 1.29 is 17.9 Å². The lowest BCUT2D eigenvalue weighted by molar-refractivity contribution is 0.0379. The average molecular weight is 424 g/mol. The molecular formula is C17H18ClN5O4S. The van der Waals surface area contributed by atoms with Gasteiger partial charge >= 0.3 is 5.97 Å². The third-order valence-electron chi connectivity index (χ3n) is 3.74. The number of sulfonamides is 1. The molecular weight excluding hydrogens is 406 g/mol. The Labute approximate surface area is 166 Å². The van der Waals surface area contributed by atoms with E-state index >= 15 is 0 Å². The molecule has 0 bridgehead atoms. The highest BCUT2D eigenvalue weighted by molar-refractivity contribution is 7.92. The van der Waals surface area contributed by atoms with Crippen LogP contribution in [-0.2, 0) is 14.8 Å². The number of benzene rings is 1. The normalized spacial score (nSPS) is 11.8. The molecule has 28 heavy (non-hydrogen) atoms. The van der Waals surface area contributed by atoms with Gasteiger partial charge in [-0.1, -0.05) is 11.6 Å². The van der Waals surface area contributed by atoms with Crippen molar-refractivity contribution in [2.75, 3.05) is 4.72 Å². The summed E-state index contributed by atoms with van der Waals surface area (Å²) in [6.07, 6.45) is 2.78. The number of ether oxygens (including phenoxy) is 1. The zero-order valence-electron chi connectivity index (χ0n) is 15.6. The number of aryl methyl sites for hydroxylation is 1. The molecule has 0 amide bonds. The van der Waals surface area contributed by atoms with Gasteiger partial charge in [0.05, 0.1) is 17.4 Å². The van der Waals surface area contributed by atoms with Gasteiger partial charge in [-0.15, -0.1) is 5.10 Å². The van der Waals surface area contributed by atoms with E-state index in [1.165, 1.54) is 16.6 Å². The van der Waals surface area contributed by atoms with Crippen molar-refractivity contribution in [2.45, 2.75) is 39.0 Å². The summed E-state index contributed by atoms with van der Waals surface area (Å²) in [4.78, 5) is 20.4. The summed E-state index contributed by atoms with van der Waals surface area (Å²) in [5, 5.41) is 3.77. The molecule has 0 aliphatic heterocycles. The highest BCUT2D eigenvalue weighted by Gasteiger charge is 2.26. The molecule has 0 aliphatic rings. The Hall–Kier alpha value is -2.72. The average Bonchev–Trinajstić information content (AvgIpc) is 3.02. The number of halogens is 1. The number of fused-ring (bicyclic) bond motifs is 1. The maximum absolute atomic E-state index is 12.8. The number of carbonyl (C=O) groups is 1. The van der Waals surface area contributed by atoms with Gasteiger partial charge in [-0.05, 0) is 51.0 Å². The van der Waals surface area contributed by atoms with E-state index in [0.717, 1.165) is 5.56 Å². The predicted molar refractivity (Wildman–Crippen MR) is 103 cm³/mol. The molecule has 0 atom stereocenters. The van der Waals surface area contributed by atoms with E-state index in [9.17, 15) is 13.2 Å². The van der Waals surface area contributed by atoms with E-state index in [1.807, 2.05) is 0 Å². The van der Waals surface area contributed by atoms with Gasteiger partial charge in [-0.2, -0.15) is 13.4 Å². The first-order valence-corrected chi connectivity index (χ1v) is 10.2. The van der Waals surface area contributed by atoms with Crippen molar-refractivity contribution in [2.24, 2.45) is 0 Å². The molecule has 0 radical (unpaired) electrons. The molecule has 9 nitrogen and oxygen atoms in total. The summed E-state index contributed by atoms with van der Waals surface area (Å²) in [6, 6.07) is 2.90. The number of hydrogen-bond donors (Lipinski definition) is 1. The quantitative estimate of drug-likeness (QED) is 0.627. The van der Waals surface area contributed by atoms with Crippen LogP contribution in [0.4, 0.5) is 5.69 Å². The summed E-state index contributed by atoms with van der Waals surface area (Å²) in [5.74, 6) is -0.541. The van der Waals surface area contributed by atoms with Gasteiger partial charge in [0.15, 0.2) is 0 Å². The van der Waals surface area contributed by atoms with Crippen LogP contribution >= 0.6 is 11.6 Å². The molecule has 2 aromatic heterocycles. The first-order chi connectivity index (χ1) is 13.1. The monoisotopic (exact) mass is 423 g/mol. The maximum atomic E-state index is 12.8.